The van der Waals surface area contributed by atoms with E-state index in [1.807, 2.05) is 24.3 Å². The number of hydrogen-bond donors (Lipinski definition) is 1. The number of hydrogen-bond acceptors (Lipinski definition) is 6. The number of nitrogens with one attached hydrogen (secondary N) is 1. The summed E-state index contributed by atoms with van der Waals surface area (Å²) in [6, 6.07) is 14.2. The minimum Gasteiger partial charge on any atom is -0.486 e. The first-order valence-electron chi connectivity index (χ1n) is 8.93. The number of benzene rings is 2. The summed E-state index contributed by atoms with van der Waals surface area (Å²) < 4.78 is 7.45. The molecule has 3 rings (SSSR count). The Labute approximate surface area is 173 Å². The molecule has 2 aromatic carbocycles. The van der Waals surface area contributed by atoms with E-state index < -0.39 is 4.92 Å². The topological polar surface area (TPSA) is 98.3 Å². The highest BCUT2D eigenvalue weighted by molar-refractivity contribution is 7.71. The molecule has 0 bridgehead atoms. The van der Waals surface area contributed by atoms with Gasteiger partial charge in [-0.15, -0.1) is 0 Å². The van der Waals surface area contributed by atoms with Crippen molar-refractivity contribution in [2.24, 2.45) is 5.10 Å². The predicted octanol–water partition coefficient (Wildman–Crippen LogP) is 4.61. The van der Waals surface area contributed by atoms with E-state index in [2.05, 4.69) is 36.1 Å². The largest absolute Gasteiger partial charge is 0.486 e. The van der Waals surface area contributed by atoms with Crippen molar-refractivity contribution in [1.82, 2.24) is 14.9 Å². The van der Waals surface area contributed by atoms with Crippen molar-refractivity contribution in [3.8, 4) is 5.75 Å². The molecule has 8 nitrogen and oxygen atoms in total. The van der Waals surface area contributed by atoms with Gasteiger partial charge in [0.25, 0.3) is 5.69 Å². The van der Waals surface area contributed by atoms with Gasteiger partial charge in [-0.05, 0) is 41.4 Å². The molecule has 1 N–H and O–H groups in total. The van der Waals surface area contributed by atoms with E-state index >= 15 is 0 Å². The second-order valence-corrected chi connectivity index (χ2v) is 7.77. The lowest BCUT2D eigenvalue weighted by Gasteiger charge is -2.19. The molecule has 0 aliphatic rings. The molecule has 0 spiro atoms. The van der Waals surface area contributed by atoms with E-state index in [1.165, 1.54) is 22.5 Å². The van der Waals surface area contributed by atoms with Crippen LogP contribution in [-0.4, -0.2) is 26.0 Å². The number of aromatic nitrogens is 3. The first-order chi connectivity index (χ1) is 13.8. The predicted molar refractivity (Wildman–Crippen MR) is 113 cm³/mol. The third kappa shape index (κ3) is 4.94. The Morgan fingerprint density at radius 3 is 2.59 bits per heavy atom. The summed E-state index contributed by atoms with van der Waals surface area (Å²) >= 11 is 5.20. The van der Waals surface area contributed by atoms with Crippen LogP contribution in [0.3, 0.4) is 0 Å². The van der Waals surface area contributed by atoms with Crippen LogP contribution in [0, 0.1) is 14.9 Å². The molecule has 1 heterocycles. The molecule has 0 fully saturated rings. The van der Waals surface area contributed by atoms with Crippen molar-refractivity contribution in [3.05, 3.63) is 80.4 Å². The zero-order valence-corrected chi connectivity index (χ0v) is 17.1. The van der Waals surface area contributed by atoms with E-state index in [-0.39, 0.29) is 22.5 Å². The quantitative estimate of drug-likeness (QED) is 0.276. The Hall–Kier alpha value is -3.33. The molecule has 0 atom stereocenters. The van der Waals surface area contributed by atoms with E-state index in [9.17, 15) is 10.1 Å². The second-order valence-electron chi connectivity index (χ2n) is 7.38. The first kappa shape index (κ1) is 20.4. The third-order valence-electron chi connectivity index (χ3n) is 4.25. The SMILES string of the molecule is CC(C)(C)c1ccc(OCc2n[nH]c(=S)n2/N=C\c2ccccc2[N+](=O)[O-])cc1. The highest BCUT2D eigenvalue weighted by Gasteiger charge is 2.14. The minimum atomic E-state index is -0.457. The maximum absolute atomic E-state index is 11.1. The monoisotopic (exact) mass is 411 g/mol. The molecule has 0 radical (unpaired) electrons. The Kier molecular flexibility index (Phi) is 5.88. The summed E-state index contributed by atoms with van der Waals surface area (Å²) in [4.78, 5) is 10.7. The van der Waals surface area contributed by atoms with Gasteiger partial charge in [0.2, 0.25) is 4.77 Å². The maximum Gasteiger partial charge on any atom is 0.278 e. The average molecular weight is 411 g/mol. The van der Waals surface area contributed by atoms with Crippen LogP contribution in [0.5, 0.6) is 5.75 Å². The highest BCUT2D eigenvalue weighted by Crippen LogP contribution is 2.24. The van der Waals surface area contributed by atoms with Crippen LogP contribution >= 0.6 is 12.2 Å². The van der Waals surface area contributed by atoms with Crippen LogP contribution in [-0.2, 0) is 12.0 Å². The van der Waals surface area contributed by atoms with Gasteiger partial charge >= 0.3 is 0 Å². The van der Waals surface area contributed by atoms with Crippen molar-refractivity contribution >= 4 is 24.1 Å². The van der Waals surface area contributed by atoms with Crippen LogP contribution in [0.4, 0.5) is 5.69 Å². The zero-order valence-electron chi connectivity index (χ0n) is 16.3. The van der Waals surface area contributed by atoms with Gasteiger partial charge in [0, 0.05) is 6.07 Å². The Bertz CT molecular complexity index is 1090. The molecule has 1 aromatic heterocycles. The lowest BCUT2D eigenvalue weighted by molar-refractivity contribution is -0.385. The molecule has 29 heavy (non-hydrogen) atoms. The molecule has 0 aliphatic heterocycles. The fourth-order valence-electron chi connectivity index (χ4n) is 2.62. The van der Waals surface area contributed by atoms with Gasteiger partial charge in [-0.25, -0.2) is 5.10 Å². The Balaban J connectivity index is 1.77. The highest BCUT2D eigenvalue weighted by atomic mass is 32.1. The summed E-state index contributed by atoms with van der Waals surface area (Å²) in [5.74, 6) is 1.14. The fraction of sp³-hybridized carbons (Fsp3) is 0.250. The number of H-pyrrole nitrogens is 1. The van der Waals surface area contributed by atoms with Gasteiger partial charge in [-0.1, -0.05) is 45.0 Å². The molecule has 150 valence electrons. The van der Waals surface area contributed by atoms with Crippen LogP contribution in [0.2, 0.25) is 0 Å². The van der Waals surface area contributed by atoms with Crippen molar-refractivity contribution in [1.29, 1.82) is 0 Å². The van der Waals surface area contributed by atoms with Crippen molar-refractivity contribution in [3.63, 3.8) is 0 Å². The number of aromatic amines is 1. The van der Waals surface area contributed by atoms with Gasteiger partial charge < -0.3 is 4.74 Å². The second kappa shape index (κ2) is 8.36. The van der Waals surface area contributed by atoms with Crippen LogP contribution in [0.25, 0.3) is 0 Å². The molecule has 0 amide bonds. The molecule has 0 unspecified atom stereocenters. The van der Waals surface area contributed by atoms with Gasteiger partial charge in [-0.3, -0.25) is 10.1 Å². The maximum atomic E-state index is 11.1. The summed E-state index contributed by atoms with van der Waals surface area (Å²) in [7, 11) is 0. The third-order valence-corrected chi connectivity index (χ3v) is 4.52. The van der Waals surface area contributed by atoms with Crippen molar-refractivity contribution < 1.29 is 9.66 Å². The lowest BCUT2D eigenvalue weighted by Crippen LogP contribution is -2.10. The van der Waals surface area contributed by atoms with Gasteiger partial charge in [-0.2, -0.15) is 14.9 Å². The van der Waals surface area contributed by atoms with Crippen LogP contribution < -0.4 is 4.74 Å². The summed E-state index contributed by atoms with van der Waals surface area (Å²) in [5, 5.41) is 22.2. The normalized spacial score (nSPS) is 11.7. The number of ether oxygens (including phenoxy) is 1. The van der Waals surface area contributed by atoms with Gasteiger partial charge in [0.15, 0.2) is 5.82 Å². The lowest BCUT2D eigenvalue weighted by atomic mass is 9.87. The smallest absolute Gasteiger partial charge is 0.278 e. The Morgan fingerprint density at radius 2 is 1.93 bits per heavy atom. The summed E-state index contributed by atoms with van der Waals surface area (Å²) in [6.07, 6.45) is 1.38. The summed E-state index contributed by atoms with van der Waals surface area (Å²) in [5.41, 5.74) is 1.60. The van der Waals surface area contributed by atoms with Crippen molar-refractivity contribution in [2.45, 2.75) is 32.8 Å². The standard InChI is InChI=1S/C20H21N5O3S/c1-20(2,3)15-8-10-16(11-9-15)28-13-18-22-23-19(29)24(18)21-12-14-6-4-5-7-17(14)25(26)27/h4-12H,13H2,1-3H3,(H,23,29)/b21-12-. The number of nitrogens with zero attached hydrogens (tertiary/aromatic N) is 4. The molecular formula is C20H21N5O3S. The number of nitro groups is 1. The molecule has 3 aromatic rings. The van der Waals surface area contributed by atoms with Gasteiger partial charge in [0.1, 0.15) is 12.4 Å². The summed E-state index contributed by atoms with van der Waals surface area (Å²) in [6.45, 7) is 6.58. The van der Waals surface area contributed by atoms with E-state index in [1.54, 1.807) is 18.2 Å². The zero-order chi connectivity index (χ0) is 21.0. The first-order valence-corrected chi connectivity index (χ1v) is 9.34. The number of nitro benzene ring substituents is 1. The molecule has 0 saturated heterocycles. The van der Waals surface area contributed by atoms with E-state index in [0.717, 1.165) is 0 Å². The minimum absolute atomic E-state index is 0.0389. The van der Waals surface area contributed by atoms with Crippen LogP contribution in [0.15, 0.2) is 53.6 Å². The number of para-hydroxylation sites is 1. The van der Waals surface area contributed by atoms with E-state index in [4.69, 9.17) is 17.0 Å². The van der Waals surface area contributed by atoms with Crippen LogP contribution in [0.1, 0.15) is 37.7 Å². The van der Waals surface area contributed by atoms with E-state index in [0.29, 0.717) is 17.1 Å². The molecule has 0 saturated carbocycles. The Morgan fingerprint density at radius 1 is 1.24 bits per heavy atom. The molecular weight excluding hydrogens is 390 g/mol. The molecule has 9 heteroatoms. The van der Waals surface area contributed by atoms with Gasteiger partial charge in [0.05, 0.1) is 16.7 Å². The number of rotatable bonds is 6. The van der Waals surface area contributed by atoms with Crippen molar-refractivity contribution in [2.75, 3.05) is 0 Å². The average Bonchev–Trinajstić information content (AvgIpc) is 3.04. The molecule has 0 aliphatic carbocycles. The fourth-order valence-corrected chi connectivity index (χ4v) is 2.82.